The Bertz CT molecular complexity index is 204. The Labute approximate surface area is 78.7 Å². The first-order valence-corrected chi connectivity index (χ1v) is 4.21. The smallest absolute Gasteiger partial charge is 0.330 e. The molecule has 0 bridgehead atoms. The van der Waals surface area contributed by atoms with Crippen molar-refractivity contribution >= 4 is 5.97 Å². The second kappa shape index (κ2) is 7.55. The number of carbonyl (C=O) groups excluding carboxylic acids is 1. The minimum atomic E-state index is -0.316. The Morgan fingerprint density at radius 2 is 2.15 bits per heavy atom. The highest BCUT2D eigenvalue weighted by molar-refractivity contribution is 5.82. The molecule has 0 aliphatic rings. The number of allylic oxidation sites excluding steroid dienone is 2. The molecule has 0 saturated heterocycles. The number of esters is 1. The summed E-state index contributed by atoms with van der Waals surface area (Å²) in [4.78, 5) is 10.8. The summed E-state index contributed by atoms with van der Waals surface area (Å²) in [5.74, 6) is -0.316. The van der Waals surface area contributed by atoms with Crippen LogP contribution in [0.1, 0.15) is 19.8 Å². The van der Waals surface area contributed by atoms with Crippen LogP contribution in [0.5, 0.6) is 0 Å². The van der Waals surface area contributed by atoms with Gasteiger partial charge in [-0.2, -0.15) is 0 Å². The Kier molecular flexibility index (Phi) is 6.92. The minimum Gasteiger partial charge on any atom is -0.466 e. The van der Waals surface area contributed by atoms with E-state index in [0.29, 0.717) is 0 Å². The van der Waals surface area contributed by atoms with Crippen molar-refractivity contribution in [3.8, 4) is 0 Å². The van der Waals surface area contributed by atoms with E-state index in [1.165, 1.54) is 13.2 Å². The van der Waals surface area contributed by atoms with E-state index in [0.717, 1.165) is 18.4 Å². The third-order valence-corrected chi connectivity index (χ3v) is 1.54. The predicted octanol–water partition coefficient (Wildman–Crippen LogP) is 1.43. The topological polar surface area (TPSA) is 46.5 Å². The van der Waals surface area contributed by atoms with Crippen LogP contribution in [0, 0.1) is 0 Å². The van der Waals surface area contributed by atoms with Crippen LogP contribution < -0.4 is 0 Å². The molecule has 0 aliphatic heterocycles. The van der Waals surface area contributed by atoms with Crippen LogP contribution in [0.15, 0.2) is 23.8 Å². The van der Waals surface area contributed by atoms with Crippen molar-refractivity contribution in [3.63, 3.8) is 0 Å². The lowest BCUT2D eigenvalue weighted by atomic mass is 10.1. The summed E-state index contributed by atoms with van der Waals surface area (Å²) in [6, 6.07) is 0. The Hall–Kier alpha value is -1.09. The third-order valence-electron chi connectivity index (χ3n) is 1.54. The molecule has 0 aliphatic carbocycles. The molecule has 0 heterocycles. The van der Waals surface area contributed by atoms with E-state index in [1.54, 1.807) is 6.08 Å². The lowest BCUT2D eigenvalue weighted by molar-refractivity contribution is -0.134. The number of hydrogen-bond donors (Lipinski definition) is 1. The highest BCUT2D eigenvalue weighted by atomic mass is 16.5. The number of rotatable bonds is 5. The summed E-state index contributed by atoms with van der Waals surface area (Å²) in [7, 11) is 1.36. The van der Waals surface area contributed by atoms with E-state index in [9.17, 15) is 4.79 Å². The largest absolute Gasteiger partial charge is 0.466 e. The van der Waals surface area contributed by atoms with E-state index in [4.69, 9.17) is 5.11 Å². The maximum absolute atomic E-state index is 10.8. The maximum atomic E-state index is 10.8. The van der Waals surface area contributed by atoms with E-state index in [2.05, 4.69) is 4.74 Å². The maximum Gasteiger partial charge on any atom is 0.330 e. The van der Waals surface area contributed by atoms with Crippen LogP contribution in [0.2, 0.25) is 0 Å². The summed E-state index contributed by atoms with van der Waals surface area (Å²) < 4.78 is 4.47. The minimum absolute atomic E-state index is 0.0692. The molecule has 3 heteroatoms. The van der Waals surface area contributed by atoms with Crippen LogP contribution in [0.4, 0.5) is 0 Å². The molecule has 0 amide bonds. The molecule has 0 aromatic heterocycles. The van der Waals surface area contributed by atoms with Crippen LogP contribution >= 0.6 is 0 Å². The highest BCUT2D eigenvalue weighted by Gasteiger charge is 1.94. The van der Waals surface area contributed by atoms with Gasteiger partial charge in [-0.15, -0.1) is 0 Å². The average Bonchev–Trinajstić information content (AvgIpc) is 2.12. The highest BCUT2D eigenvalue weighted by Crippen LogP contribution is 2.04. The molecular weight excluding hydrogens is 168 g/mol. The van der Waals surface area contributed by atoms with Crippen molar-refractivity contribution in [2.45, 2.75) is 19.8 Å². The van der Waals surface area contributed by atoms with Gasteiger partial charge in [-0.1, -0.05) is 17.7 Å². The van der Waals surface area contributed by atoms with Crippen molar-refractivity contribution < 1.29 is 14.6 Å². The zero-order valence-electron chi connectivity index (χ0n) is 8.12. The first-order chi connectivity index (χ1) is 6.20. The quantitative estimate of drug-likeness (QED) is 0.399. The van der Waals surface area contributed by atoms with Gasteiger partial charge in [-0.3, -0.25) is 0 Å². The molecule has 1 N–H and O–H groups in total. The van der Waals surface area contributed by atoms with Crippen molar-refractivity contribution in [1.82, 2.24) is 0 Å². The molecule has 0 saturated carbocycles. The number of hydrogen-bond acceptors (Lipinski definition) is 3. The lowest BCUT2D eigenvalue weighted by Crippen LogP contribution is -1.95. The van der Waals surface area contributed by atoms with Crippen molar-refractivity contribution in [2.75, 3.05) is 13.7 Å². The second-order valence-electron chi connectivity index (χ2n) is 2.71. The fourth-order valence-electron chi connectivity index (χ4n) is 0.836. The standard InChI is InChI=1S/C10H16O3/c1-9(8-10(12)13-2)6-4-3-5-7-11/h3,5,8,11H,4,6-7H2,1-2H3/b5-3+,9-8-. The number of methoxy groups -OCH3 is 1. The summed E-state index contributed by atoms with van der Waals surface area (Å²) in [5.41, 5.74) is 0.981. The Balaban J connectivity index is 3.73. The first-order valence-electron chi connectivity index (χ1n) is 4.21. The summed E-state index contributed by atoms with van der Waals surface area (Å²) in [5, 5.41) is 8.44. The normalized spacial score (nSPS) is 12.1. The van der Waals surface area contributed by atoms with Crippen molar-refractivity contribution in [1.29, 1.82) is 0 Å². The predicted molar refractivity (Wildman–Crippen MR) is 51.2 cm³/mol. The molecule has 74 valence electrons. The molecule has 13 heavy (non-hydrogen) atoms. The van der Waals surface area contributed by atoms with Crippen LogP contribution in [0.25, 0.3) is 0 Å². The van der Waals surface area contributed by atoms with Crippen molar-refractivity contribution in [3.05, 3.63) is 23.8 Å². The number of aliphatic hydroxyl groups is 1. The van der Waals surface area contributed by atoms with Gasteiger partial charge in [0, 0.05) is 6.08 Å². The van der Waals surface area contributed by atoms with Crippen molar-refractivity contribution in [2.24, 2.45) is 0 Å². The molecule has 0 aromatic carbocycles. The summed E-state index contributed by atoms with van der Waals surface area (Å²) in [6.07, 6.45) is 6.69. The number of ether oxygens (including phenoxy) is 1. The zero-order chi connectivity index (χ0) is 10.1. The van der Waals surface area contributed by atoms with E-state index in [-0.39, 0.29) is 12.6 Å². The molecule has 0 spiro atoms. The van der Waals surface area contributed by atoms with Gasteiger partial charge in [0.25, 0.3) is 0 Å². The molecular formula is C10H16O3. The van der Waals surface area contributed by atoms with Crippen LogP contribution in [-0.2, 0) is 9.53 Å². The number of aliphatic hydroxyl groups excluding tert-OH is 1. The molecule has 0 atom stereocenters. The Morgan fingerprint density at radius 3 is 2.69 bits per heavy atom. The molecule has 0 radical (unpaired) electrons. The van der Waals surface area contributed by atoms with E-state index < -0.39 is 0 Å². The molecule has 0 unspecified atom stereocenters. The first kappa shape index (κ1) is 11.9. The SMILES string of the molecule is COC(=O)/C=C(/C)CC/C=C/CO. The summed E-state index contributed by atoms with van der Waals surface area (Å²) >= 11 is 0. The van der Waals surface area contributed by atoms with E-state index >= 15 is 0 Å². The lowest BCUT2D eigenvalue weighted by Gasteiger charge is -1.96. The van der Waals surface area contributed by atoms with Gasteiger partial charge in [-0.25, -0.2) is 4.79 Å². The molecule has 3 nitrogen and oxygen atoms in total. The fraction of sp³-hybridized carbons (Fsp3) is 0.500. The van der Waals surface area contributed by atoms with E-state index in [1.807, 2.05) is 13.0 Å². The Morgan fingerprint density at radius 1 is 1.46 bits per heavy atom. The molecule has 0 rings (SSSR count). The van der Waals surface area contributed by atoms with Gasteiger partial charge in [0.05, 0.1) is 13.7 Å². The average molecular weight is 184 g/mol. The molecule has 0 aromatic rings. The third kappa shape index (κ3) is 7.28. The monoisotopic (exact) mass is 184 g/mol. The van der Waals surface area contributed by atoms with Gasteiger partial charge in [0.15, 0.2) is 0 Å². The van der Waals surface area contributed by atoms with Crippen LogP contribution in [-0.4, -0.2) is 24.8 Å². The van der Waals surface area contributed by atoms with Crippen LogP contribution in [0.3, 0.4) is 0 Å². The molecule has 0 fully saturated rings. The summed E-state index contributed by atoms with van der Waals surface area (Å²) in [6.45, 7) is 1.95. The number of carbonyl (C=O) groups is 1. The zero-order valence-corrected chi connectivity index (χ0v) is 8.12. The second-order valence-corrected chi connectivity index (χ2v) is 2.71. The van der Waals surface area contributed by atoms with Gasteiger partial charge in [-0.05, 0) is 19.8 Å². The van der Waals surface area contributed by atoms with Gasteiger partial charge < -0.3 is 9.84 Å². The van der Waals surface area contributed by atoms with Gasteiger partial charge in [0.1, 0.15) is 0 Å². The van der Waals surface area contributed by atoms with Gasteiger partial charge >= 0.3 is 5.97 Å². The fourth-order valence-corrected chi connectivity index (χ4v) is 0.836. The van der Waals surface area contributed by atoms with Gasteiger partial charge in [0.2, 0.25) is 0 Å².